The predicted octanol–water partition coefficient (Wildman–Crippen LogP) is 2.11. The molecule has 0 unspecified atom stereocenters. The Labute approximate surface area is 91.7 Å². The maximum atomic E-state index is 12.3. The molecule has 1 aromatic heterocycles. The summed E-state index contributed by atoms with van der Waals surface area (Å²) < 4.78 is 24.6. The number of carboxylic acids is 1. The molecular weight excluding hydrogens is 276 g/mol. The van der Waals surface area contributed by atoms with Gasteiger partial charge in [-0.3, -0.25) is 4.79 Å². The Hall–Kier alpha value is -1.24. The van der Waals surface area contributed by atoms with Crippen LogP contribution in [0.1, 0.15) is 17.8 Å². The quantitative estimate of drug-likeness (QED) is 0.890. The van der Waals surface area contributed by atoms with Gasteiger partial charge in [0.1, 0.15) is 5.69 Å². The Morgan fingerprint density at radius 2 is 2.20 bits per heavy atom. The molecule has 0 aromatic carbocycles. The largest absolute Gasteiger partial charge is 0.505 e. The molecule has 7 heteroatoms. The summed E-state index contributed by atoms with van der Waals surface area (Å²) in [5.74, 6) is -1.68. The number of carboxylic acid groups (broad SMARTS) is 1. The van der Waals surface area contributed by atoms with Crippen molar-refractivity contribution in [1.82, 2.24) is 4.98 Å². The van der Waals surface area contributed by atoms with Crippen molar-refractivity contribution in [2.75, 3.05) is 0 Å². The van der Waals surface area contributed by atoms with Crippen molar-refractivity contribution >= 4 is 21.9 Å². The van der Waals surface area contributed by atoms with Gasteiger partial charge in [-0.1, -0.05) is 0 Å². The molecule has 15 heavy (non-hydrogen) atoms. The van der Waals surface area contributed by atoms with Gasteiger partial charge in [-0.15, -0.1) is 0 Å². The number of aromatic hydroxyl groups is 1. The van der Waals surface area contributed by atoms with E-state index < -0.39 is 30.3 Å². The number of nitrogens with zero attached hydrogens (tertiary/aromatic N) is 1. The summed E-state index contributed by atoms with van der Waals surface area (Å²) in [4.78, 5) is 13.7. The van der Waals surface area contributed by atoms with E-state index in [9.17, 15) is 18.7 Å². The molecule has 4 nitrogen and oxygen atoms in total. The molecule has 1 aromatic rings. The van der Waals surface area contributed by atoms with Crippen molar-refractivity contribution in [1.29, 1.82) is 0 Å². The molecule has 2 N–H and O–H groups in total. The molecule has 0 saturated heterocycles. The standard InChI is InChI=1S/C8H6BrF2NO3/c9-3-1-5(8(10)11)12-4(7(3)15)2-6(13)14/h1,8,15H,2H2,(H,13,14). The minimum Gasteiger partial charge on any atom is -0.505 e. The van der Waals surface area contributed by atoms with Crippen molar-refractivity contribution in [2.45, 2.75) is 12.8 Å². The number of hydrogen-bond donors (Lipinski definition) is 2. The molecule has 1 rings (SSSR count). The fourth-order valence-electron chi connectivity index (χ4n) is 0.955. The van der Waals surface area contributed by atoms with E-state index in [1.807, 2.05) is 0 Å². The summed E-state index contributed by atoms with van der Waals surface area (Å²) in [6, 6.07) is 0.950. The Bertz CT molecular complexity index is 398. The summed E-state index contributed by atoms with van der Waals surface area (Å²) in [5, 5.41) is 17.8. The number of aliphatic carboxylic acids is 1. The van der Waals surface area contributed by atoms with Crippen LogP contribution in [0.2, 0.25) is 0 Å². The highest BCUT2D eigenvalue weighted by molar-refractivity contribution is 9.10. The van der Waals surface area contributed by atoms with Crippen LogP contribution < -0.4 is 0 Å². The topological polar surface area (TPSA) is 70.4 Å². The van der Waals surface area contributed by atoms with E-state index in [0.717, 1.165) is 6.07 Å². The van der Waals surface area contributed by atoms with Gasteiger partial charge in [0.25, 0.3) is 6.43 Å². The Balaban J connectivity index is 3.18. The van der Waals surface area contributed by atoms with Gasteiger partial charge in [0.05, 0.1) is 16.6 Å². The Morgan fingerprint density at radius 1 is 1.60 bits per heavy atom. The first kappa shape index (κ1) is 11.8. The van der Waals surface area contributed by atoms with Crippen LogP contribution in [0.3, 0.4) is 0 Å². The van der Waals surface area contributed by atoms with Gasteiger partial charge in [0.2, 0.25) is 0 Å². The number of rotatable bonds is 3. The molecule has 0 atom stereocenters. The van der Waals surface area contributed by atoms with Crippen LogP contribution in [0.5, 0.6) is 5.75 Å². The fraction of sp³-hybridized carbons (Fsp3) is 0.250. The van der Waals surface area contributed by atoms with Crippen molar-refractivity contribution in [3.05, 3.63) is 21.9 Å². The van der Waals surface area contributed by atoms with Crippen molar-refractivity contribution < 1.29 is 23.8 Å². The summed E-state index contributed by atoms with van der Waals surface area (Å²) in [5.41, 5.74) is -0.858. The highest BCUT2D eigenvalue weighted by atomic mass is 79.9. The molecule has 82 valence electrons. The van der Waals surface area contributed by atoms with Crippen LogP contribution in [0.4, 0.5) is 8.78 Å². The summed E-state index contributed by atoms with van der Waals surface area (Å²) in [6.45, 7) is 0. The van der Waals surface area contributed by atoms with Gasteiger partial charge in [0.15, 0.2) is 5.75 Å². The number of pyridine rings is 1. The first-order valence-corrected chi connectivity index (χ1v) is 4.59. The zero-order valence-electron chi connectivity index (χ0n) is 7.25. The Kier molecular flexibility index (Phi) is 3.57. The van der Waals surface area contributed by atoms with Gasteiger partial charge in [-0.2, -0.15) is 0 Å². The second kappa shape index (κ2) is 4.52. The predicted molar refractivity (Wildman–Crippen MR) is 49.9 cm³/mol. The summed E-state index contributed by atoms with van der Waals surface area (Å²) >= 11 is 2.84. The molecule has 0 bridgehead atoms. The lowest BCUT2D eigenvalue weighted by molar-refractivity contribution is -0.136. The third-order valence-corrected chi connectivity index (χ3v) is 2.18. The number of carbonyl (C=O) groups is 1. The molecule has 0 amide bonds. The first-order valence-electron chi connectivity index (χ1n) is 3.80. The molecule has 0 aliphatic rings. The van der Waals surface area contributed by atoms with Crippen LogP contribution in [-0.4, -0.2) is 21.2 Å². The maximum absolute atomic E-state index is 12.3. The van der Waals surface area contributed by atoms with Crippen molar-refractivity contribution in [3.8, 4) is 5.75 Å². The molecule has 0 fully saturated rings. The minimum atomic E-state index is -2.81. The van der Waals surface area contributed by atoms with E-state index in [-0.39, 0.29) is 10.2 Å². The number of aromatic nitrogens is 1. The van der Waals surface area contributed by atoms with E-state index in [4.69, 9.17) is 5.11 Å². The van der Waals surface area contributed by atoms with Crippen LogP contribution in [0.15, 0.2) is 10.5 Å². The second-order valence-corrected chi connectivity index (χ2v) is 3.55. The van der Waals surface area contributed by atoms with Crippen LogP contribution >= 0.6 is 15.9 Å². The molecular formula is C8H6BrF2NO3. The number of alkyl halides is 2. The van der Waals surface area contributed by atoms with Gasteiger partial charge < -0.3 is 10.2 Å². The monoisotopic (exact) mass is 281 g/mol. The zero-order chi connectivity index (χ0) is 11.6. The van der Waals surface area contributed by atoms with Crippen molar-refractivity contribution in [3.63, 3.8) is 0 Å². The van der Waals surface area contributed by atoms with Gasteiger partial charge in [-0.05, 0) is 22.0 Å². The summed E-state index contributed by atoms with van der Waals surface area (Å²) in [6.07, 6.45) is -3.42. The number of halogens is 3. The zero-order valence-corrected chi connectivity index (χ0v) is 8.83. The SMILES string of the molecule is O=C(O)Cc1nc(C(F)F)cc(Br)c1O. The van der Waals surface area contributed by atoms with Gasteiger partial charge >= 0.3 is 5.97 Å². The third kappa shape index (κ3) is 2.85. The fourth-order valence-corrected chi connectivity index (χ4v) is 1.42. The van der Waals surface area contributed by atoms with Crippen LogP contribution in [0, 0.1) is 0 Å². The highest BCUT2D eigenvalue weighted by Crippen LogP contribution is 2.30. The average Bonchev–Trinajstić information content (AvgIpc) is 2.11. The van der Waals surface area contributed by atoms with E-state index in [0.29, 0.717) is 0 Å². The second-order valence-electron chi connectivity index (χ2n) is 2.70. The van der Waals surface area contributed by atoms with E-state index in [2.05, 4.69) is 20.9 Å². The maximum Gasteiger partial charge on any atom is 0.309 e. The molecule has 0 radical (unpaired) electrons. The highest BCUT2D eigenvalue weighted by Gasteiger charge is 2.17. The van der Waals surface area contributed by atoms with Crippen LogP contribution in [-0.2, 0) is 11.2 Å². The van der Waals surface area contributed by atoms with Gasteiger partial charge in [0, 0.05) is 0 Å². The van der Waals surface area contributed by atoms with E-state index in [1.54, 1.807) is 0 Å². The smallest absolute Gasteiger partial charge is 0.309 e. The molecule has 1 heterocycles. The number of hydrogen-bond acceptors (Lipinski definition) is 3. The molecule has 0 spiro atoms. The van der Waals surface area contributed by atoms with E-state index in [1.165, 1.54) is 0 Å². The Morgan fingerprint density at radius 3 is 2.67 bits per heavy atom. The molecule has 0 aliphatic carbocycles. The van der Waals surface area contributed by atoms with Crippen LogP contribution in [0.25, 0.3) is 0 Å². The molecule has 0 saturated carbocycles. The average molecular weight is 282 g/mol. The third-order valence-electron chi connectivity index (χ3n) is 1.58. The lowest BCUT2D eigenvalue weighted by Crippen LogP contribution is -2.05. The van der Waals surface area contributed by atoms with Crippen molar-refractivity contribution in [2.24, 2.45) is 0 Å². The summed E-state index contributed by atoms with van der Waals surface area (Å²) in [7, 11) is 0. The normalized spacial score (nSPS) is 10.7. The van der Waals surface area contributed by atoms with Gasteiger partial charge in [-0.25, -0.2) is 13.8 Å². The molecule has 0 aliphatic heterocycles. The minimum absolute atomic E-state index is 0.00375. The lowest BCUT2D eigenvalue weighted by atomic mass is 10.2. The van der Waals surface area contributed by atoms with E-state index >= 15 is 0 Å². The first-order chi connectivity index (χ1) is 6.91. The lowest BCUT2D eigenvalue weighted by Gasteiger charge is -2.06.